The number of nitrogens with one attached hydrogen (secondary N) is 1. The van der Waals surface area contributed by atoms with Crippen LogP contribution in [0.25, 0.3) is 0 Å². The van der Waals surface area contributed by atoms with Crippen molar-refractivity contribution in [3.05, 3.63) is 18.2 Å². The molecule has 3 nitrogen and oxygen atoms in total. The van der Waals surface area contributed by atoms with E-state index in [1.807, 2.05) is 0 Å². The average molecular weight is 243 g/mol. The highest BCUT2D eigenvalue weighted by atomic mass is 19.3. The van der Waals surface area contributed by atoms with Crippen LogP contribution >= 0.6 is 0 Å². The number of hydrogen-bond acceptors (Lipinski definition) is 3. The Morgan fingerprint density at radius 3 is 2.76 bits per heavy atom. The monoisotopic (exact) mass is 243 g/mol. The molecule has 1 aromatic carbocycles. The summed E-state index contributed by atoms with van der Waals surface area (Å²) in [5.74, 6) is 1.42. The number of methoxy groups -OCH3 is 1. The van der Waals surface area contributed by atoms with E-state index in [0.29, 0.717) is 17.4 Å². The van der Waals surface area contributed by atoms with E-state index in [4.69, 9.17) is 4.74 Å². The Labute approximate surface area is 98.7 Å². The number of anilines is 1. The molecule has 0 unspecified atom stereocenters. The highest BCUT2D eigenvalue weighted by molar-refractivity contribution is 5.59. The van der Waals surface area contributed by atoms with Crippen LogP contribution in [0.2, 0.25) is 0 Å². The van der Waals surface area contributed by atoms with Crippen LogP contribution in [0.15, 0.2) is 18.2 Å². The van der Waals surface area contributed by atoms with Gasteiger partial charge in [0.15, 0.2) is 0 Å². The first kappa shape index (κ1) is 12.0. The number of benzene rings is 1. The lowest BCUT2D eigenvalue weighted by molar-refractivity contribution is -0.0493. The van der Waals surface area contributed by atoms with Crippen molar-refractivity contribution in [3.63, 3.8) is 0 Å². The molecule has 0 radical (unpaired) electrons. The van der Waals surface area contributed by atoms with Crippen molar-refractivity contribution in [3.8, 4) is 11.5 Å². The Hall–Kier alpha value is -1.52. The van der Waals surface area contributed by atoms with Crippen LogP contribution in [0.5, 0.6) is 11.5 Å². The molecule has 17 heavy (non-hydrogen) atoms. The molecule has 1 N–H and O–H groups in total. The highest BCUT2D eigenvalue weighted by Crippen LogP contribution is 2.33. The molecule has 5 heteroatoms. The molecule has 2 rings (SSSR count). The quantitative estimate of drug-likeness (QED) is 0.832. The van der Waals surface area contributed by atoms with Crippen LogP contribution in [0.1, 0.15) is 12.8 Å². The average Bonchev–Trinajstić information content (AvgIpc) is 3.11. The second kappa shape index (κ2) is 5.21. The van der Waals surface area contributed by atoms with Gasteiger partial charge in [-0.15, -0.1) is 0 Å². The molecule has 1 aromatic rings. The van der Waals surface area contributed by atoms with Gasteiger partial charge in [0.25, 0.3) is 0 Å². The van der Waals surface area contributed by atoms with E-state index in [2.05, 4.69) is 10.1 Å². The van der Waals surface area contributed by atoms with Gasteiger partial charge in [-0.05, 0) is 30.9 Å². The Balaban J connectivity index is 2.10. The van der Waals surface area contributed by atoms with Gasteiger partial charge in [0.2, 0.25) is 0 Å². The Bertz CT molecular complexity index is 381. The molecule has 0 spiro atoms. The van der Waals surface area contributed by atoms with E-state index < -0.39 is 6.61 Å². The standard InChI is InChI=1S/C12H15F2NO2/c1-16-9-4-5-11(17-12(13)14)10(6-9)15-7-8-2-3-8/h4-6,8,12,15H,2-3,7H2,1H3. The minimum Gasteiger partial charge on any atom is -0.497 e. The predicted molar refractivity (Wildman–Crippen MR) is 60.8 cm³/mol. The molecule has 0 amide bonds. The molecule has 0 aromatic heterocycles. The molecule has 0 bridgehead atoms. The first-order valence-corrected chi connectivity index (χ1v) is 5.55. The maximum Gasteiger partial charge on any atom is 0.387 e. The van der Waals surface area contributed by atoms with E-state index in [-0.39, 0.29) is 5.75 Å². The summed E-state index contributed by atoms with van der Waals surface area (Å²) in [7, 11) is 1.54. The lowest BCUT2D eigenvalue weighted by Gasteiger charge is -2.13. The molecule has 1 saturated carbocycles. The van der Waals surface area contributed by atoms with E-state index in [1.54, 1.807) is 12.1 Å². The van der Waals surface area contributed by atoms with Crippen LogP contribution in [0, 0.1) is 5.92 Å². The lowest BCUT2D eigenvalue weighted by Crippen LogP contribution is -2.08. The topological polar surface area (TPSA) is 30.5 Å². The largest absolute Gasteiger partial charge is 0.497 e. The van der Waals surface area contributed by atoms with Crippen molar-refractivity contribution in [2.45, 2.75) is 19.5 Å². The summed E-state index contributed by atoms with van der Waals surface area (Å²) in [6.45, 7) is -2.03. The fraction of sp³-hybridized carbons (Fsp3) is 0.500. The normalized spacial score (nSPS) is 14.8. The summed E-state index contributed by atoms with van der Waals surface area (Å²) >= 11 is 0. The number of rotatable bonds is 6. The molecular weight excluding hydrogens is 228 g/mol. The van der Waals surface area contributed by atoms with Gasteiger partial charge >= 0.3 is 6.61 Å². The zero-order valence-electron chi connectivity index (χ0n) is 9.58. The number of ether oxygens (including phenoxy) is 2. The van der Waals surface area contributed by atoms with Crippen molar-refractivity contribution in [2.24, 2.45) is 5.92 Å². The molecule has 1 aliphatic rings. The molecular formula is C12H15F2NO2. The van der Waals surface area contributed by atoms with E-state index >= 15 is 0 Å². The third-order valence-electron chi connectivity index (χ3n) is 2.68. The van der Waals surface area contributed by atoms with Crippen LogP contribution in [0.4, 0.5) is 14.5 Å². The molecule has 0 aliphatic heterocycles. The highest BCUT2D eigenvalue weighted by Gasteiger charge is 2.21. The Morgan fingerprint density at radius 2 is 2.18 bits per heavy atom. The summed E-state index contributed by atoms with van der Waals surface area (Å²) in [6.07, 6.45) is 2.39. The zero-order chi connectivity index (χ0) is 12.3. The summed E-state index contributed by atoms with van der Waals surface area (Å²) in [4.78, 5) is 0. The second-order valence-corrected chi connectivity index (χ2v) is 4.06. The first-order valence-electron chi connectivity index (χ1n) is 5.55. The van der Waals surface area contributed by atoms with Crippen molar-refractivity contribution >= 4 is 5.69 Å². The van der Waals surface area contributed by atoms with Gasteiger partial charge in [0.1, 0.15) is 11.5 Å². The maximum absolute atomic E-state index is 12.2. The van der Waals surface area contributed by atoms with Crippen molar-refractivity contribution in [1.82, 2.24) is 0 Å². The van der Waals surface area contributed by atoms with E-state index in [9.17, 15) is 8.78 Å². The van der Waals surface area contributed by atoms with E-state index in [0.717, 1.165) is 6.54 Å². The predicted octanol–water partition coefficient (Wildman–Crippen LogP) is 3.12. The summed E-state index contributed by atoms with van der Waals surface area (Å²) < 4.78 is 33.9. The molecule has 0 heterocycles. The van der Waals surface area contributed by atoms with Gasteiger partial charge in [0, 0.05) is 12.6 Å². The number of hydrogen-bond donors (Lipinski definition) is 1. The van der Waals surface area contributed by atoms with Crippen LogP contribution in [-0.2, 0) is 0 Å². The summed E-state index contributed by atoms with van der Waals surface area (Å²) in [5, 5.41) is 3.12. The van der Waals surface area contributed by atoms with Gasteiger partial charge in [-0.1, -0.05) is 0 Å². The first-order chi connectivity index (χ1) is 8.19. The summed E-state index contributed by atoms with van der Waals surface area (Å²) in [6, 6.07) is 4.75. The molecule has 1 fully saturated rings. The third kappa shape index (κ3) is 3.47. The Kier molecular flexibility index (Phi) is 3.66. The number of halogens is 2. The molecule has 94 valence electrons. The minimum atomic E-state index is -2.81. The molecule has 1 aliphatic carbocycles. The fourth-order valence-corrected chi connectivity index (χ4v) is 1.55. The minimum absolute atomic E-state index is 0.154. The van der Waals surface area contributed by atoms with Gasteiger partial charge in [-0.3, -0.25) is 0 Å². The van der Waals surface area contributed by atoms with Crippen LogP contribution in [0.3, 0.4) is 0 Å². The summed E-state index contributed by atoms with van der Waals surface area (Å²) in [5.41, 5.74) is 0.552. The SMILES string of the molecule is COc1ccc(OC(F)F)c(NCC2CC2)c1. The molecule has 0 saturated heterocycles. The van der Waals surface area contributed by atoms with Crippen molar-refractivity contribution in [1.29, 1.82) is 0 Å². The Morgan fingerprint density at radius 1 is 1.41 bits per heavy atom. The van der Waals surface area contributed by atoms with Gasteiger partial charge in [-0.2, -0.15) is 8.78 Å². The van der Waals surface area contributed by atoms with Gasteiger partial charge in [0.05, 0.1) is 12.8 Å². The molecule has 0 atom stereocenters. The maximum atomic E-state index is 12.2. The van der Waals surface area contributed by atoms with Gasteiger partial charge in [-0.25, -0.2) is 0 Å². The smallest absolute Gasteiger partial charge is 0.387 e. The van der Waals surface area contributed by atoms with Crippen molar-refractivity contribution in [2.75, 3.05) is 19.0 Å². The van der Waals surface area contributed by atoms with Crippen LogP contribution in [-0.4, -0.2) is 20.3 Å². The zero-order valence-corrected chi connectivity index (χ0v) is 9.58. The second-order valence-electron chi connectivity index (χ2n) is 4.06. The number of alkyl halides is 2. The van der Waals surface area contributed by atoms with Gasteiger partial charge < -0.3 is 14.8 Å². The van der Waals surface area contributed by atoms with E-state index in [1.165, 1.54) is 26.0 Å². The lowest BCUT2D eigenvalue weighted by atomic mass is 10.2. The van der Waals surface area contributed by atoms with Crippen LogP contribution < -0.4 is 14.8 Å². The fourth-order valence-electron chi connectivity index (χ4n) is 1.55. The third-order valence-corrected chi connectivity index (χ3v) is 2.68. The van der Waals surface area contributed by atoms with Crippen molar-refractivity contribution < 1.29 is 18.3 Å².